The Morgan fingerprint density at radius 2 is 1.22 bits per heavy atom. The Kier molecular flexibility index (Phi) is 2.02. The smallest absolute Gasteiger partial charge is 0.0909 e. The van der Waals surface area contributed by atoms with E-state index in [0.717, 1.165) is 21.0 Å². The van der Waals surface area contributed by atoms with Crippen molar-refractivity contribution in [2.75, 3.05) is 0 Å². The summed E-state index contributed by atoms with van der Waals surface area (Å²) < 4.78 is 2.57. The third-order valence-corrected chi connectivity index (χ3v) is 5.22. The molecule has 0 aliphatic carbocycles. The SMILES string of the molecule is Cc1nc2c3ccccc3c3nc(C)sc3c2s1. The molecule has 0 saturated carbocycles. The first-order valence-electron chi connectivity index (χ1n) is 5.79. The maximum absolute atomic E-state index is 4.70. The standard InChI is InChI=1S/C14H10N2S2/c1-7-15-11-9-5-3-4-6-10(9)12-14(13(11)17-7)18-8(2)16-12/h3-6H,1-2H3. The highest BCUT2D eigenvalue weighted by atomic mass is 32.1. The van der Waals surface area contributed by atoms with E-state index < -0.39 is 0 Å². The molecule has 0 fully saturated rings. The summed E-state index contributed by atoms with van der Waals surface area (Å²) in [4.78, 5) is 9.40. The first-order chi connectivity index (χ1) is 8.74. The summed E-state index contributed by atoms with van der Waals surface area (Å²) in [7, 11) is 0. The molecule has 18 heavy (non-hydrogen) atoms. The van der Waals surface area contributed by atoms with E-state index in [1.54, 1.807) is 22.7 Å². The van der Waals surface area contributed by atoms with Gasteiger partial charge in [0, 0.05) is 10.8 Å². The summed E-state index contributed by atoms with van der Waals surface area (Å²) in [6.07, 6.45) is 0. The minimum Gasteiger partial charge on any atom is -0.241 e. The Morgan fingerprint density at radius 3 is 1.67 bits per heavy atom. The van der Waals surface area contributed by atoms with Crippen LogP contribution in [0.15, 0.2) is 24.3 Å². The van der Waals surface area contributed by atoms with Gasteiger partial charge in [-0.2, -0.15) is 0 Å². The number of rotatable bonds is 0. The van der Waals surface area contributed by atoms with Gasteiger partial charge >= 0.3 is 0 Å². The van der Waals surface area contributed by atoms with Crippen LogP contribution in [0.2, 0.25) is 0 Å². The predicted octanol–water partition coefficient (Wildman–Crippen LogP) is 4.68. The van der Waals surface area contributed by atoms with Crippen molar-refractivity contribution in [2.45, 2.75) is 13.8 Å². The van der Waals surface area contributed by atoms with Gasteiger partial charge in [0.2, 0.25) is 0 Å². The van der Waals surface area contributed by atoms with E-state index >= 15 is 0 Å². The second kappa shape index (κ2) is 3.49. The molecule has 2 heterocycles. The first-order valence-corrected chi connectivity index (χ1v) is 7.42. The molecule has 0 N–H and O–H groups in total. The summed E-state index contributed by atoms with van der Waals surface area (Å²) in [5.41, 5.74) is 2.26. The summed E-state index contributed by atoms with van der Waals surface area (Å²) in [5, 5.41) is 4.67. The lowest BCUT2D eigenvalue weighted by Crippen LogP contribution is -1.79. The molecule has 0 amide bonds. The highest BCUT2D eigenvalue weighted by Crippen LogP contribution is 2.39. The highest BCUT2D eigenvalue weighted by Gasteiger charge is 2.14. The first kappa shape index (κ1) is 10.4. The monoisotopic (exact) mass is 270 g/mol. The maximum atomic E-state index is 4.70. The van der Waals surface area contributed by atoms with E-state index in [1.807, 2.05) is 0 Å². The second-order valence-corrected chi connectivity index (χ2v) is 6.77. The van der Waals surface area contributed by atoms with Crippen LogP contribution in [0.1, 0.15) is 10.0 Å². The Morgan fingerprint density at radius 1 is 0.778 bits per heavy atom. The lowest BCUT2D eigenvalue weighted by atomic mass is 10.1. The van der Waals surface area contributed by atoms with Crippen molar-refractivity contribution < 1.29 is 0 Å². The van der Waals surface area contributed by atoms with Crippen molar-refractivity contribution in [3.8, 4) is 0 Å². The summed E-state index contributed by atoms with van der Waals surface area (Å²) in [6.45, 7) is 4.14. The number of aryl methyl sites for hydroxylation is 2. The molecule has 0 spiro atoms. The van der Waals surface area contributed by atoms with Crippen LogP contribution >= 0.6 is 22.7 Å². The van der Waals surface area contributed by atoms with E-state index in [0.29, 0.717) is 0 Å². The number of hydrogen-bond donors (Lipinski definition) is 0. The zero-order chi connectivity index (χ0) is 12.3. The van der Waals surface area contributed by atoms with Crippen molar-refractivity contribution in [1.29, 1.82) is 0 Å². The zero-order valence-electron chi connectivity index (χ0n) is 10.0. The third kappa shape index (κ3) is 1.27. The van der Waals surface area contributed by atoms with Gasteiger partial charge in [-0.25, -0.2) is 9.97 Å². The van der Waals surface area contributed by atoms with Gasteiger partial charge in [0.25, 0.3) is 0 Å². The van der Waals surface area contributed by atoms with Gasteiger partial charge < -0.3 is 0 Å². The number of nitrogens with zero attached hydrogens (tertiary/aromatic N) is 2. The molecule has 2 aromatic heterocycles. The van der Waals surface area contributed by atoms with Crippen molar-refractivity contribution in [3.05, 3.63) is 34.3 Å². The molecule has 0 radical (unpaired) electrons. The van der Waals surface area contributed by atoms with Crippen LogP contribution < -0.4 is 0 Å². The second-order valence-electron chi connectivity index (χ2n) is 4.37. The van der Waals surface area contributed by atoms with Gasteiger partial charge in [-0.05, 0) is 13.8 Å². The van der Waals surface area contributed by atoms with E-state index in [1.165, 1.54) is 20.2 Å². The zero-order valence-corrected chi connectivity index (χ0v) is 11.7. The largest absolute Gasteiger partial charge is 0.241 e. The molecular weight excluding hydrogens is 260 g/mol. The average Bonchev–Trinajstić information content (AvgIpc) is 2.92. The van der Waals surface area contributed by atoms with Crippen LogP contribution in [0.4, 0.5) is 0 Å². The minimum absolute atomic E-state index is 1.12. The van der Waals surface area contributed by atoms with Crippen LogP contribution in [-0.2, 0) is 0 Å². The molecule has 0 saturated heterocycles. The third-order valence-electron chi connectivity index (χ3n) is 3.11. The molecule has 2 aromatic carbocycles. The molecule has 0 atom stereocenters. The number of aromatic nitrogens is 2. The van der Waals surface area contributed by atoms with Crippen molar-refractivity contribution >= 4 is 53.9 Å². The molecule has 88 valence electrons. The van der Waals surface area contributed by atoms with E-state index in [2.05, 4.69) is 38.1 Å². The fraction of sp³-hybridized carbons (Fsp3) is 0.143. The number of fused-ring (bicyclic) bond motifs is 6. The van der Waals surface area contributed by atoms with Crippen LogP contribution in [0, 0.1) is 13.8 Å². The van der Waals surface area contributed by atoms with Crippen LogP contribution in [0.25, 0.3) is 31.2 Å². The van der Waals surface area contributed by atoms with Gasteiger partial charge in [-0.3, -0.25) is 0 Å². The molecule has 0 aliphatic heterocycles. The summed E-state index contributed by atoms with van der Waals surface area (Å²) >= 11 is 3.54. The Labute approximate surface area is 112 Å². The van der Waals surface area contributed by atoms with Gasteiger partial charge in [-0.1, -0.05) is 24.3 Å². The predicted molar refractivity (Wildman–Crippen MR) is 79.8 cm³/mol. The summed E-state index contributed by atoms with van der Waals surface area (Å²) in [5.74, 6) is 0. The number of benzene rings is 2. The van der Waals surface area contributed by atoms with Crippen molar-refractivity contribution in [3.63, 3.8) is 0 Å². The van der Waals surface area contributed by atoms with E-state index in [-0.39, 0.29) is 0 Å². The van der Waals surface area contributed by atoms with E-state index in [4.69, 9.17) is 9.97 Å². The van der Waals surface area contributed by atoms with Crippen molar-refractivity contribution in [2.24, 2.45) is 0 Å². The van der Waals surface area contributed by atoms with Gasteiger partial charge in [0.05, 0.1) is 30.4 Å². The number of hydrogen-bond acceptors (Lipinski definition) is 4. The minimum atomic E-state index is 1.12. The molecular formula is C14H10N2S2. The van der Waals surface area contributed by atoms with Crippen LogP contribution in [0.5, 0.6) is 0 Å². The van der Waals surface area contributed by atoms with Crippen molar-refractivity contribution in [1.82, 2.24) is 9.97 Å². The molecule has 4 aromatic rings. The highest BCUT2D eigenvalue weighted by molar-refractivity contribution is 7.27. The maximum Gasteiger partial charge on any atom is 0.0909 e. The fourth-order valence-electron chi connectivity index (χ4n) is 2.42. The Balaban J connectivity index is 2.44. The molecule has 0 bridgehead atoms. The Hall–Kier alpha value is -1.52. The van der Waals surface area contributed by atoms with Gasteiger partial charge in [0.1, 0.15) is 0 Å². The van der Waals surface area contributed by atoms with Gasteiger partial charge in [0.15, 0.2) is 0 Å². The van der Waals surface area contributed by atoms with Crippen LogP contribution in [-0.4, -0.2) is 9.97 Å². The molecule has 0 unspecified atom stereocenters. The average molecular weight is 270 g/mol. The fourth-order valence-corrected chi connectivity index (χ4v) is 4.42. The topological polar surface area (TPSA) is 25.8 Å². The molecule has 4 rings (SSSR count). The quantitative estimate of drug-likeness (QED) is 0.464. The molecule has 2 nitrogen and oxygen atoms in total. The summed E-state index contributed by atoms with van der Waals surface area (Å²) in [6, 6.07) is 8.43. The lowest BCUT2D eigenvalue weighted by molar-refractivity contribution is 1.35. The molecule has 0 aliphatic rings. The normalized spacial score (nSPS) is 11.9. The van der Waals surface area contributed by atoms with Crippen LogP contribution in [0.3, 0.4) is 0 Å². The Bertz CT molecular complexity index is 827. The van der Waals surface area contributed by atoms with Gasteiger partial charge in [-0.15, -0.1) is 22.7 Å². The number of thiazole rings is 2. The lowest BCUT2D eigenvalue weighted by Gasteiger charge is -1.99. The molecule has 4 heteroatoms. The van der Waals surface area contributed by atoms with E-state index in [9.17, 15) is 0 Å².